The van der Waals surface area contributed by atoms with Crippen molar-refractivity contribution < 1.29 is 9.13 Å². The normalized spacial score (nSPS) is 13.4. The molecule has 2 nitrogen and oxygen atoms in total. The van der Waals surface area contributed by atoms with Crippen LogP contribution in [0, 0.1) is 5.82 Å². The van der Waals surface area contributed by atoms with Crippen LogP contribution in [0.4, 0.5) is 4.39 Å². The molecule has 1 aromatic rings. The molecule has 0 radical (unpaired) electrons. The molecule has 0 aliphatic carbocycles. The van der Waals surface area contributed by atoms with Crippen molar-refractivity contribution in [1.29, 1.82) is 0 Å². The van der Waals surface area contributed by atoms with Crippen molar-refractivity contribution in [2.45, 2.75) is 31.6 Å². The Morgan fingerprint density at radius 3 is 2.50 bits per heavy atom. The van der Waals surface area contributed by atoms with Crippen LogP contribution in [0.1, 0.15) is 32.4 Å². The lowest BCUT2D eigenvalue weighted by Gasteiger charge is -2.23. The van der Waals surface area contributed by atoms with Crippen molar-refractivity contribution in [2.75, 3.05) is 19.9 Å². The van der Waals surface area contributed by atoms with Gasteiger partial charge in [0.15, 0.2) is 0 Å². The Kier molecular flexibility index (Phi) is 5.47. The third-order valence-electron chi connectivity index (χ3n) is 2.61. The maximum absolute atomic E-state index is 14.0. The molecule has 4 heteroatoms. The molecule has 0 bridgehead atoms. The molecule has 1 rings (SSSR count). The van der Waals surface area contributed by atoms with Crippen LogP contribution in [0.2, 0.25) is 0 Å². The molecule has 1 aromatic carbocycles. The number of hydrogen-bond acceptors (Lipinski definition) is 3. The van der Waals surface area contributed by atoms with Gasteiger partial charge in [-0.15, -0.1) is 0 Å². The minimum Gasteiger partial charge on any atom is -0.497 e. The topological polar surface area (TPSA) is 21.3 Å². The van der Waals surface area contributed by atoms with Gasteiger partial charge in [-0.3, -0.25) is 0 Å². The molecule has 102 valence electrons. The summed E-state index contributed by atoms with van der Waals surface area (Å²) in [6.07, 6.45) is 0. The molecule has 1 unspecified atom stereocenters. The second kappa shape index (κ2) is 6.43. The van der Waals surface area contributed by atoms with Crippen LogP contribution in [0.25, 0.3) is 0 Å². The summed E-state index contributed by atoms with van der Waals surface area (Å²) >= 11 is 1.82. The summed E-state index contributed by atoms with van der Waals surface area (Å²) in [7, 11) is 3.40. The molecule has 0 saturated heterocycles. The summed E-state index contributed by atoms with van der Waals surface area (Å²) in [4.78, 5) is 0. The highest BCUT2D eigenvalue weighted by Crippen LogP contribution is 2.30. The lowest BCUT2D eigenvalue weighted by molar-refractivity contribution is 0.410. The molecular weight excluding hydrogens is 249 g/mol. The second-order valence-electron chi connectivity index (χ2n) is 5.15. The fourth-order valence-electron chi connectivity index (χ4n) is 1.58. The number of methoxy groups -OCH3 is 1. The fourth-order valence-corrected chi connectivity index (χ4v) is 2.59. The maximum atomic E-state index is 14.0. The monoisotopic (exact) mass is 271 g/mol. The van der Waals surface area contributed by atoms with Crippen LogP contribution in [0.3, 0.4) is 0 Å². The third kappa shape index (κ3) is 4.50. The Labute approximate surface area is 113 Å². The first-order valence-electron chi connectivity index (χ1n) is 6.02. The van der Waals surface area contributed by atoms with E-state index in [1.807, 2.05) is 18.8 Å². The van der Waals surface area contributed by atoms with Crippen LogP contribution in [0.15, 0.2) is 18.2 Å². The van der Waals surface area contributed by atoms with Gasteiger partial charge in [-0.05, 0) is 13.1 Å². The summed E-state index contributed by atoms with van der Waals surface area (Å²) < 4.78 is 19.2. The zero-order chi connectivity index (χ0) is 13.8. The van der Waals surface area contributed by atoms with Gasteiger partial charge in [0.2, 0.25) is 0 Å². The largest absolute Gasteiger partial charge is 0.497 e. The fraction of sp³-hybridized carbons (Fsp3) is 0.571. The van der Waals surface area contributed by atoms with Gasteiger partial charge in [-0.1, -0.05) is 26.8 Å². The number of halogens is 1. The van der Waals surface area contributed by atoms with Crippen LogP contribution < -0.4 is 10.1 Å². The van der Waals surface area contributed by atoms with E-state index >= 15 is 0 Å². The van der Waals surface area contributed by atoms with Gasteiger partial charge in [-0.25, -0.2) is 4.39 Å². The molecule has 0 fully saturated rings. The van der Waals surface area contributed by atoms with Gasteiger partial charge in [0.05, 0.1) is 7.11 Å². The number of ether oxygens (including phenoxy) is 1. The predicted octanol–water partition coefficient (Wildman–Crippen LogP) is 3.63. The predicted molar refractivity (Wildman–Crippen MR) is 77.0 cm³/mol. The summed E-state index contributed by atoms with van der Waals surface area (Å²) in [6, 6.07) is 5.03. The van der Waals surface area contributed by atoms with Crippen molar-refractivity contribution in [3.05, 3.63) is 29.6 Å². The zero-order valence-electron chi connectivity index (χ0n) is 11.7. The highest BCUT2D eigenvalue weighted by Gasteiger charge is 2.18. The lowest BCUT2D eigenvalue weighted by Crippen LogP contribution is -2.22. The highest BCUT2D eigenvalue weighted by molar-refractivity contribution is 8.00. The molecule has 1 N–H and O–H groups in total. The van der Waals surface area contributed by atoms with Gasteiger partial charge in [0, 0.05) is 28.2 Å². The van der Waals surface area contributed by atoms with Crippen LogP contribution in [0.5, 0.6) is 5.75 Å². The molecule has 0 heterocycles. The molecule has 0 aromatic heterocycles. The van der Waals surface area contributed by atoms with E-state index in [-0.39, 0.29) is 16.6 Å². The second-order valence-corrected chi connectivity index (χ2v) is 7.00. The van der Waals surface area contributed by atoms with E-state index in [2.05, 4.69) is 26.1 Å². The van der Waals surface area contributed by atoms with E-state index in [9.17, 15) is 4.39 Å². The first kappa shape index (κ1) is 15.3. The standard InChI is InChI=1S/C14H22FNOS/c1-14(2,3)18-9-13(16-4)11-7-6-10(17-5)8-12(11)15/h6-8,13,16H,9H2,1-5H3. The van der Waals surface area contributed by atoms with Gasteiger partial charge >= 0.3 is 0 Å². The zero-order valence-corrected chi connectivity index (χ0v) is 12.5. The van der Waals surface area contributed by atoms with Crippen LogP contribution >= 0.6 is 11.8 Å². The number of nitrogens with one attached hydrogen (secondary N) is 1. The van der Waals surface area contributed by atoms with Gasteiger partial charge in [0.25, 0.3) is 0 Å². The van der Waals surface area contributed by atoms with E-state index < -0.39 is 0 Å². The van der Waals surface area contributed by atoms with Crippen molar-refractivity contribution in [3.63, 3.8) is 0 Å². The highest BCUT2D eigenvalue weighted by atomic mass is 32.2. The van der Waals surface area contributed by atoms with Crippen molar-refractivity contribution in [3.8, 4) is 5.75 Å². The van der Waals surface area contributed by atoms with E-state index in [0.717, 1.165) is 5.75 Å². The number of hydrogen-bond donors (Lipinski definition) is 1. The summed E-state index contributed by atoms with van der Waals surface area (Å²) in [6.45, 7) is 6.48. The van der Waals surface area contributed by atoms with Gasteiger partial charge < -0.3 is 10.1 Å². The Bertz CT molecular complexity index is 390. The quantitative estimate of drug-likeness (QED) is 0.883. The average Bonchev–Trinajstić information content (AvgIpc) is 2.30. The molecule has 18 heavy (non-hydrogen) atoms. The van der Waals surface area contributed by atoms with Crippen LogP contribution in [-0.2, 0) is 0 Å². The molecule has 0 saturated carbocycles. The van der Waals surface area contributed by atoms with E-state index in [4.69, 9.17) is 4.74 Å². The molecular formula is C14H22FNOS. The van der Waals surface area contributed by atoms with Gasteiger partial charge in [0.1, 0.15) is 11.6 Å². The first-order chi connectivity index (χ1) is 8.37. The van der Waals surface area contributed by atoms with E-state index in [1.54, 1.807) is 19.2 Å². The molecule has 0 aliphatic heterocycles. The molecule has 0 amide bonds. The minimum absolute atomic E-state index is 0.0140. The van der Waals surface area contributed by atoms with Crippen LogP contribution in [-0.4, -0.2) is 24.7 Å². The SMILES string of the molecule is CNC(CSC(C)(C)C)c1ccc(OC)cc1F. The Hall–Kier alpha value is -0.740. The lowest BCUT2D eigenvalue weighted by atomic mass is 10.1. The van der Waals surface area contributed by atoms with E-state index in [0.29, 0.717) is 11.3 Å². The number of thioether (sulfide) groups is 1. The average molecular weight is 271 g/mol. The van der Waals surface area contributed by atoms with Crippen molar-refractivity contribution >= 4 is 11.8 Å². The third-order valence-corrected chi connectivity index (χ3v) is 3.98. The first-order valence-corrected chi connectivity index (χ1v) is 7.00. The Morgan fingerprint density at radius 2 is 2.06 bits per heavy atom. The maximum Gasteiger partial charge on any atom is 0.131 e. The minimum atomic E-state index is -0.219. The summed E-state index contributed by atoms with van der Waals surface area (Å²) in [5.41, 5.74) is 0.690. The van der Waals surface area contributed by atoms with Gasteiger partial charge in [-0.2, -0.15) is 11.8 Å². The Balaban J connectivity index is 2.82. The molecule has 0 spiro atoms. The number of benzene rings is 1. The van der Waals surface area contributed by atoms with Crippen molar-refractivity contribution in [2.24, 2.45) is 0 Å². The molecule has 1 atom stereocenters. The van der Waals surface area contributed by atoms with E-state index in [1.165, 1.54) is 6.07 Å². The summed E-state index contributed by atoms with van der Waals surface area (Å²) in [5, 5.41) is 3.17. The summed E-state index contributed by atoms with van der Waals surface area (Å²) in [5.74, 6) is 1.17. The molecule has 0 aliphatic rings. The number of rotatable bonds is 5. The smallest absolute Gasteiger partial charge is 0.131 e. The van der Waals surface area contributed by atoms with Crippen molar-refractivity contribution in [1.82, 2.24) is 5.32 Å². The Morgan fingerprint density at radius 1 is 1.39 bits per heavy atom.